The van der Waals surface area contributed by atoms with Crippen molar-refractivity contribution >= 4 is 11.6 Å². The maximum atomic E-state index is 11.8. The number of hydrogen-bond donors (Lipinski definition) is 1. The van der Waals surface area contributed by atoms with E-state index >= 15 is 0 Å². The normalized spacial score (nSPS) is 9.81. The molecular weight excluding hydrogens is 202 g/mol. The fraction of sp³-hybridized carbons (Fsp3) is 0.0833. The first-order valence-corrected chi connectivity index (χ1v) is 4.92. The van der Waals surface area contributed by atoms with Crippen LogP contribution in [0.2, 0.25) is 0 Å². The maximum absolute atomic E-state index is 11.8. The van der Waals surface area contributed by atoms with Crippen LogP contribution in [-0.4, -0.2) is 15.9 Å². The SMILES string of the molecule is Cc1nccc(C(=O)Nc2ccccc2)n1. The van der Waals surface area contributed by atoms with E-state index in [1.807, 2.05) is 30.3 Å². The molecule has 2 rings (SSSR count). The Morgan fingerprint density at radius 1 is 1.19 bits per heavy atom. The van der Waals surface area contributed by atoms with E-state index < -0.39 is 0 Å². The third kappa shape index (κ3) is 2.42. The number of rotatable bonds is 2. The second-order valence-corrected chi connectivity index (χ2v) is 3.31. The van der Waals surface area contributed by atoms with Crippen LogP contribution in [-0.2, 0) is 0 Å². The minimum Gasteiger partial charge on any atom is -0.321 e. The van der Waals surface area contributed by atoms with Crippen LogP contribution in [0.3, 0.4) is 0 Å². The Balaban J connectivity index is 2.15. The molecule has 4 heteroatoms. The number of hydrogen-bond acceptors (Lipinski definition) is 3. The second kappa shape index (κ2) is 4.53. The van der Waals surface area contributed by atoms with Crippen molar-refractivity contribution in [3.05, 3.63) is 54.1 Å². The molecule has 0 atom stereocenters. The third-order valence-electron chi connectivity index (χ3n) is 2.04. The Kier molecular flexibility index (Phi) is 2.91. The number of amides is 1. The molecule has 0 aliphatic carbocycles. The minimum atomic E-state index is -0.225. The predicted molar refractivity (Wildman–Crippen MR) is 61.2 cm³/mol. The monoisotopic (exact) mass is 213 g/mol. The summed E-state index contributed by atoms with van der Waals surface area (Å²) in [4.78, 5) is 19.7. The van der Waals surface area contributed by atoms with Crippen LogP contribution in [0, 0.1) is 6.92 Å². The lowest BCUT2D eigenvalue weighted by Crippen LogP contribution is -2.14. The molecule has 1 aromatic heterocycles. The van der Waals surface area contributed by atoms with Gasteiger partial charge in [0.1, 0.15) is 11.5 Å². The molecule has 0 spiro atoms. The Hall–Kier alpha value is -2.23. The molecule has 80 valence electrons. The summed E-state index contributed by atoms with van der Waals surface area (Å²) in [5.41, 5.74) is 1.13. The first kappa shape index (κ1) is 10.3. The molecule has 0 aliphatic rings. The second-order valence-electron chi connectivity index (χ2n) is 3.31. The lowest BCUT2D eigenvalue weighted by atomic mass is 10.3. The zero-order valence-electron chi connectivity index (χ0n) is 8.84. The van der Waals surface area contributed by atoms with Crippen molar-refractivity contribution in [1.82, 2.24) is 9.97 Å². The van der Waals surface area contributed by atoms with E-state index in [1.54, 1.807) is 19.2 Å². The largest absolute Gasteiger partial charge is 0.321 e. The summed E-state index contributed by atoms with van der Waals surface area (Å²) in [5.74, 6) is 0.359. The summed E-state index contributed by atoms with van der Waals surface area (Å²) in [6, 6.07) is 10.9. The van der Waals surface area contributed by atoms with Gasteiger partial charge >= 0.3 is 0 Å². The van der Waals surface area contributed by atoms with Crippen LogP contribution in [0.25, 0.3) is 0 Å². The van der Waals surface area contributed by atoms with Crippen molar-refractivity contribution in [2.75, 3.05) is 5.32 Å². The summed E-state index contributed by atoms with van der Waals surface area (Å²) < 4.78 is 0. The van der Waals surface area contributed by atoms with E-state index in [0.29, 0.717) is 11.5 Å². The van der Waals surface area contributed by atoms with Gasteiger partial charge in [0.2, 0.25) is 0 Å². The molecule has 0 bridgehead atoms. The van der Waals surface area contributed by atoms with Gasteiger partial charge in [-0.25, -0.2) is 9.97 Å². The number of aryl methyl sites for hydroxylation is 1. The number of carbonyl (C=O) groups is 1. The van der Waals surface area contributed by atoms with E-state index in [1.165, 1.54) is 0 Å². The van der Waals surface area contributed by atoms with Gasteiger partial charge < -0.3 is 5.32 Å². The van der Waals surface area contributed by atoms with Crippen LogP contribution < -0.4 is 5.32 Å². The number of benzene rings is 1. The molecule has 1 amide bonds. The molecule has 1 aromatic carbocycles. The molecule has 16 heavy (non-hydrogen) atoms. The number of nitrogens with zero attached hydrogens (tertiary/aromatic N) is 2. The van der Waals surface area contributed by atoms with Gasteiger partial charge in [0, 0.05) is 11.9 Å². The van der Waals surface area contributed by atoms with Gasteiger partial charge in [0.25, 0.3) is 5.91 Å². The van der Waals surface area contributed by atoms with E-state index in [0.717, 1.165) is 5.69 Å². The molecule has 1 heterocycles. The molecule has 0 fully saturated rings. The molecule has 0 radical (unpaired) electrons. The van der Waals surface area contributed by atoms with Crippen LogP contribution in [0.15, 0.2) is 42.6 Å². The molecule has 0 saturated carbocycles. The lowest BCUT2D eigenvalue weighted by Gasteiger charge is -2.04. The van der Waals surface area contributed by atoms with E-state index in [2.05, 4.69) is 15.3 Å². The minimum absolute atomic E-state index is 0.225. The van der Waals surface area contributed by atoms with E-state index in [-0.39, 0.29) is 5.91 Å². The topological polar surface area (TPSA) is 54.9 Å². The van der Waals surface area contributed by atoms with Crippen molar-refractivity contribution in [3.8, 4) is 0 Å². The summed E-state index contributed by atoms with van der Waals surface area (Å²) in [6.45, 7) is 1.75. The first-order valence-electron chi connectivity index (χ1n) is 4.92. The average molecular weight is 213 g/mol. The number of carbonyl (C=O) groups excluding carboxylic acids is 1. The quantitative estimate of drug-likeness (QED) is 0.830. The number of para-hydroxylation sites is 1. The lowest BCUT2D eigenvalue weighted by molar-refractivity contribution is 0.102. The Bertz CT molecular complexity index is 497. The van der Waals surface area contributed by atoms with Crippen molar-refractivity contribution in [3.63, 3.8) is 0 Å². The molecule has 0 aliphatic heterocycles. The highest BCUT2D eigenvalue weighted by molar-refractivity contribution is 6.02. The van der Waals surface area contributed by atoms with Gasteiger partial charge in [0.05, 0.1) is 0 Å². The number of aromatic nitrogens is 2. The average Bonchev–Trinajstić information content (AvgIpc) is 2.30. The Labute approximate surface area is 93.4 Å². The maximum Gasteiger partial charge on any atom is 0.274 e. The highest BCUT2D eigenvalue weighted by Gasteiger charge is 2.07. The zero-order valence-corrected chi connectivity index (χ0v) is 8.84. The third-order valence-corrected chi connectivity index (χ3v) is 2.04. The van der Waals surface area contributed by atoms with E-state index in [4.69, 9.17) is 0 Å². The van der Waals surface area contributed by atoms with Gasteiger partial charge in [-0.15, -0.1) is 0 Å². The summed E-state index contributed by atoms with van der Waals surface area (Å²) in [7, 11) is 0. The Morgan fingerprint density at radius 2 is 1.94 bits per heavy atom. The highest BCUT2D eigenvalue weighted by atomic mass is 16.1. The van der Waals surface area contributed by atoms with Crippen LogP contribution in [0.5, 0.6) is 0 Å². The van der Waals surface area contributed by atoms with Gasteiger partial charge in [-0.2, -0.15) is 0 Å². The van der Waals surface area contributed by atoms with Crippen LogP contribution in [0.4, 0.5) is 5.69 Å². The fourth-order valence-corrected chi connectivity index (χ4v) is 1.30. The van der Waals surface area contributed by atoms with Crippen molar-refractivity contribution < 1.29 is 4.79 Å². The van der Waals surface area contributed by atoms with Crippen LogP contribution in [0.1, 0.15) is 16.3 Å². The smallest absolute Gasteiger partial charge is 0.274 e. The molecule has 1 N–H and O–H groups in total. The standard InChI is InChI=1S/C12H11N3O/c1-9-13-8-7-11(14-9)12(16)15-10-5-3-2-4-6-10/h2-8H,1H3,(H,15,16). The molecule has 4 nitrogen and oxygen atoms in total. The fourth-order valence-electron chi connectivity index (χ4n) is 1.30. The van der Waals surface area contributed by atoms with Crippen molar-refractivity contribution in [2.45, 2.75) is 6.92 Å². The van der Waals surface area contributed by atoms with Crippen molar-refractivity contribution in [1.29, 1.82) is 0 Å². The van der Waals surface area contributed by atoms with Gasteiger partial charge in [-0.3, -0.25) is 4.79 Å². The molecule has 2 aromatic rings. The predicted octanol–water partition coefficient (Wildman–Crippen LogP) is 2.04. The number of nitrogens with one attached hydrogen (secondary N) is 1. The summed E-state index contributed by atoms with van der Waals surface area (Å²) in [6.07, 6.45) is 1.57. The molecule has 0 unspecified atom stereocenters. The van der Waals surface area contributed by atoms with Gasteiger partial charge in [0.15, 0.2) is 0 Å². The van der Waals surface area contributed by atoms with Crippen molar-refractivity contribution in [2.24, 2.45) is 0 Å². The number of anilines is 1. The van der Waals surface area contributed by atoms with Crippen LogP contribution >= 0.6 is 0 Å². The zero-order chi connectivity index (χ0) is 11.4. The molecule has 0 saturated heterocycles. The molecular formula is C12H11N3O. The van der Waals surface area contributed by atoms with Gasteiger partial charge in [-0.1, -0.05) is 18.2 Å². The summed E-state index contributed by atoms with van der Waals surface area (Å²) >= 11 is 0. The highest BCUT2D eigenvalue weighted by Crippen LogP contribution is 2.07. The summed E-state index contributed by atoms with van der Waals surface area (Å²) in [5, 5.41) is 2.76. The Morgan fingerprint density at radius 3 is 2.62 bits per heavy atom. The van der Waals surface area contributed by atoms with E-state index in [9.17, 15) is 4.79 Å². The van der Waals surface area contributed by atoms with Gasteiger partial charge in [-0.05, 0) is 25.1 Å². The first-order chi connectivity index (χ1) is 7.75.